The number of hydrogen-bond acceptors (Lipinski definition) is 7. The molecule has 35 heavy (non-hydrogen) atoms. The Bertz CT molecular complexity index is 1420. The number of hydrogen-bond donors (Lipinski definition) is 1. The maximum Gasteiger partial charge on any atom is 0.244 e. The molecule has 1 spiro atoms. The Labute approximate surface area is 202 Å². The van der Waals surface area contributed by atoms with Crippen LogP contribution in [0.3, 0.4) is 0 Å². The van der Waals surface area contributed by atoms with Crippen LogP contribution in [-0.4, -0.2) is 66.0 Å². The molecule has 0 radical (unpaired) electrons. The van der Waals surface area contributed by atoms with Gasteiger partial charge in [0.05, 0.1) is 7.11 Å². The zero-order chi connectivity index (χ0) is 23.6. The Hall–Kier alpha value is -3.69. The van der Waals surface area contributed by atoms with Gasteiger partial charge in [-0.25, -0.2) is 14.5 Å². The first-order chi connectivity index (χ1) is 17.1. The SMILES string of the molecule is COc1nc(NC2CCC3(CC2)CN(C(=O)C2CC2)C3)nn2ccc(-c3cnc4nccn4c3)c12. The molecule has 4 aromatic rings. The molecule has 2 saturated carbocycles. The van der Waals surface area contributed by atoms with E-state index in [1.54, 1.807) is 19.5 Å². The molecule has 1 saturated heterocycles. The number of fused-ring (bicyclic) bond motifs is 2. The lowest BCUT2D eigenvalue weighted by Gasteiger charge is -2.53. The molecule has 7 rings (SSSR count). The summed E-state index contributed by atoms with van der Waals surface area (Å²) in [6, 6.07) is 2.32. The maximum absolute atomic E-state index is 12.3. The molecular weight excluding hydrogens is 444 g/mol. The molecule has 1 amide bonds. The van der Waals surface area contributed by atoms with Crippen molar-refractivity contribution in [1.29, 1.82) is 0 Å². The largest absolute Gasteiger partial charge is 0.479 e. The average Bonchev–Trinajstić information content (AvgIpc) is 3.45. The maximum atomic E-state index is 12.3. The van der Waals surface area contributed by atoms with Crippen LogP contribution < -0.4 is 10.1 Å². The van der Waals surface area contributed by atoms with Crippen molar-refractivity contribution in [3.05, 3.63) is 37.1 Å². The number of aromatic nitrogens is 6. The molecule has 1 aliphatic heterocycles. The molecule has 180 valence electrons. The second-order valence-electron chi connectivity index (χ2n) is 10.3. The van der Waals surface area contributed by atoms with Gasteiger partial charge in [0.25, 0.3) is 0 Å². The Morgan fingerprint density at radius 2 is 1.97 bits per heavy atom. The van der Waals surface area contributed by atoms with Gasteiger partial charge in [-0.2, -0.15) is 4.98 Å². The van der Waals surface area contributed by atoms with E-state index in [0.717, 1.165) is 68.3 Å². The second kappa shape index (κ2) is 7.66. The number of nitrogens with one attached hydrogen (secondary N) is 1. The zero-order valence-electron chi connectivity index (χ0n) is 19.7. The van der Waals surface area contributed by atoms with Gasteiger partial charge < -0.3 is 15.0 Å². The number of methoxy groups -OCH3 is 1. The van der Waals surface area contributed by atoms with Crippen molar-refractivity contribution in [3.63, 3.8) is 0 Å². The number of nitrogens with zero attached hydrogens (tertiary/aromatic N) is 7. The minimum atomic E-state index is 0.318. The van der Waals surface area contributed by atoms with Crippen molar-refractivity contribution in [1.82, 2.24) is 33.9 Å². The van der Waals surface area contributed by atoms with E-state index in [4.69, 9.17) is 14.8 Å². The molecule has 0 aromatic carbocycles. The average molecular weight is 473 g/mol. The van der Waals surface area contributed by atoms with Crippen molar-refractivity contribution >= 4 is 23.1 Å². The molecule has 1 N–H and O–H groups in total. The van der Waals surface area contributed by atoms with Crippen LogP contribution in [0.25, 0.3) is 22.4 Å². The molecule has 10 nitrogen and oxygen atoms in total. The molecule has 10 heteroatoms. The minimum Gasteiger partial charge on any atom is -0.479 e. The lowest BCUT2D eigenvalue weighted by atomic mass is 9.67. The van der Waals surface area contributed by atoms with Crippen LogP contribution in [0, 0.1) is 11.3 Å². The fourth-order valence-corrected chi connectivity index (χ4v) is 5.77. The first kappa shape index (κ1) is 20.7. The summed E-state index contributed by atoms with van der Waals surface area (Å²) < 4.78 is 9.39. The number of carbonyl (C=O) groups excluding carboxylic acids is 1. The van der Waals surface area contributed by atoms with E-state index >= 15 is 0 Å². The van der Waals surface area contributed by atoms with Crippen molar-refractivity contribution < 1.29 is 9.53 Å². The van der Waals surface area contributed by atoms with Crippen molar-refractivity contribution in [2.45, 2.75) is 44.6 Å². The van der Waals surface area contributed by atoms with Crippen LogP contribution in [0.1, 0.15) is 38.5 Å². The van der Waals surface area contributed by atoms with Gasteiger partial charge >= 0.3 is 0 Å². The quantitative estimate of drug-likeness (QED) is 0.476. The topological polar surface area (TPSA) is 102 Å². The lowest BCUT2D eigenvalue weighted by molar-refractivity contribution is -0.147. The molecule has 0 bridgehead atoms. The first-order valence-corrected chi connectivity index (χ1v) is 12.4. The molecule has 0 atom stereocenters. The monoisotopic (exact) mass is 472 g/mol. The highest BCUT2D eigenvalue weighted by Gasteiger charge is 2.49. The van der Waals surface area contributed by atoms with Gasteiger partial charge in [-0.05, 0) is 44.6 Å². The van der Waals surface area contributed by atoms with E-state index < -0.39 is 0 Å². The summed E-state index contributed by atoms with van der Waals surface area (Å²) in [5.74, 6) is 2.46. The molecule has 0 unspecified atom stereocenters. The third-order valence-corrected chi connectivity index (χ3v) is 7.90. The summed E-state index contributed by atoms with van der Waals surface area (Å²) in [6.45, 7) is 1.88. The van der Waals surface area contributed by atoms with Crippen molar-refractivity contribution in [2.24, 2.45) is 11.3 Å². The number of likely N-dealkylation sites (tertiary alicyclic amines) is 1. The van der Waals surface area contributed by atoms with Gasteiger partial charge in [-0.15, -0.1) is 5.10 Å². The number of imidazole rings is 1. The summed E-state index contributed by atoms with van der Waals surface area (Å²) in [7, 11) is 1.63. The first-order valence-electron chi connectivity index (χ1n) is 12.4. The Morgan fingerprint density at radius 1 is 1.14 bits per heavy atom. The van der Waals surface area contributed by atoms with E-state index in [1.807, 2.05) is 33.6 Å². The van der Waals surface area contributed by atoms with Crippen LogP contribution in [0.2, 0.25) is 0 Å². The van der Waals surface area contributed by atoms with E-state index in [9.17, 15) is 4.79 Å². The summed E-state index contributed by atoms with van der Waals surface area (Å²) in [5.41, 5.74) is 3.02. The highest BCUT2D eigenvalue weighted by atomic mass is 16.5. The number of amides is 1. The number of anilines is 1. The van der Waals surface area contributed by atoms with E-state index in [-0.39, 0.29) is 0 Å². The predicted molar refractivity (Wildman–Crippen MR) is 129 cm³/mol. The Kier molecular flexibility index (Phi) is 4.52. The van der Waals surface area contributed by atoms with Crippen LogP contribution in [0.5, 0.6) is 5.88 Å². The Balaban J connectivity index is 1.07. The van der Waals surface area contributed by atoms with Gasteiger partial charge in [-0.3, -0.25) is 9.20 Å². The minimum absolute atomic E-state index is 0.318. The predicted octanol–water partition coefficient (Wildman–Crippen LogP) is 3.04. The summed E-state index contributed by atoms with van der Waals surface area (Å²) in [4.78, 5) is 27.7. The number of rotatable bonds is 5. The van der Waals surface area contributed by atoms with Gasteiger partial charge in [-0.1, -0.05) is 0 Å². The standard InChI is InChI=1S/C25H28N8O2/c1-35-21-20-19(17-12-27-24-26-9-11-31(24)13-17)6-10-33(20)30-23(29-21)28-18-4-7-25(8-5-18)14-32(15-25)22(34)16-2-3-16/h6,9-13,16,18H,2-5,7-8,14-15H2,1H3,(H,28,30). The number of ether oxygens (including phenoxy) is 1. The highest BCUT2D eigenvalue weighted by Crippen LogP contribution is 2.46. The van der Waals surface area contributed by atoms with Crippen molar-refractivity contribution in [2.75, 3.05) is 25.5 Å². The second-order valence-corrected chi connectivity index (χ2v) is 10.3. The van der Waals surface area contributed by atoms with Gasteiger partial charge in [0.2, 0.25) is 23.5 Å². The Morgan fingerprint density at radius 3 is 2.74 bits per heavy atom. The van der Waals surface area contributed by atoms with Crippen LogP contribution in [-0.2, 0) is 4.79 Å². The molecule has 4 aromatic heterocycles. The van der Waals surface area contributed by atoms with Gasteiger partial charge in [0.1, 0.15) is 5.52 Å². The molecular formula is C25H28N8O2. The molecule has 5 heterocycles. The van der Waals surface area contributed by atoms with E-state index in [2.05, 4.69) is 20.2 Å². The zero-order valence-corrected chi connectivity index (χ0v) is 19.7. The third-order valence-electron chi connectivity index (χ3n) is 7.90. The van der Waals surface area contributed by atoms with Crippen molar-refractivity contribution in [3.8, 4) is 17.0 Å². The smallest absolute Gasteiger partial charge is 0.244 e. The highest BCUT2D eigenvalue weighted by molar-refractivity contribution is 5.84. The normalized spacial score (nSPS) is 19.9. The summed E-state index contributed by atoms with van der Waals surface area (Å²) >= 11 is 0. The summed E-state index contributed by atoms with van der Waals surface area (Å²) in [6.07, 6.45) is 15.9. The van der Waals surface area contributed by atoms with Gasteiger partial charge in [0, 0.05) is 72.6 Å². The fraction of sp³-hybridized carbons (Fsp3) is 0.480. The molecule has 2 aliphatic carbocycles. The van der Waals surface area contributed by atoms with Gasteiger partial charge in [0.15, 0.2) is 0 Å². The third kappa shape index (κ3) is 3.50. The molecule has 3 aliphatic rings. The van der Waals surface area contributed by atoms with Crippen LogP contribution in [0.15, 0.2) is 37.1 Å². The summed E-state index contributed by atoms with van der Waals surface area (Å²) in [5, 5.41) is 8.27. The fourth-order valence-electron chi connectivity index (χ4n) is 5.77. The molecule has 3 fully saturated rings. The number of carbonyl (C=O) groups is 1. The lowest BCUT2D eigenvalue weighted by Crippen LogP contribution is -2.60. The van der Waals surface area contributed by atoms with Crippen LogP contribution >= 0.6 is 0 Å². The van der Waals surface area contributed by atoms with E-state index in [1.165, 1.54) is 0 Å². The van der Waals surface area contributed by atoms with E-state index in [0.29, 0.717) is 40.9 Å². The van der Waals surface area contributed by atoms with Crippen LogP contribution in [0.4, 0.5) is 5.95 Å².